The van der Waals surface area contributed by atoms with Crippen LogP contribution >= 0.6 is 0 Å². The highest BCUT2D eigenvalue weighted by Gasteiger charge is 2.19. The normalized spacial score (nSPS) is 12.6. The topological polar surface area (TPSA) is 78.9 Å². The fraction of sp³-hybridized carbons (Fsp3) is 0.764. The SMILES string of the molecule is CC/C=C\C/C=C\C/C=C\C/C=C\C/C=C\C/C=C\C/C=C\CCCCCC(=O)OCC(COC(=O)CCCCCCCCCCCCCC)OC(=O)CCCCCCCCCCCCCCCCCCCCCCCCC. The van der Waals surface area contributed by atoms with Crippen LogP contribution in [0, 0.1) is 0 Å². The van der Waals surface area contributed by atoms with Crippen LogP contribution in [0.2, 0.25) is 0 Å². The highest BCUT2D eigenvalue weighted by Crippen LogP contribution is 2.18. The van der Waals surface area contributed by atoms with Crippen LogP contribution in [0.15, 0.2) is 85.1 Å². The lowest BCUT2D eigenvalue weighted by Crippen LogP contribution is -2.30. The van der Waals surface area contributed by atoms with Crippen molar-refractivity contribution < 1.29 is 28.6 Å². The zero-order valence-corrected chi connectivity index (χ0v) is 51.7. The lowest BCUT2D eigenvalue weighted by atomic mass is 10.0. The van der Waals surface area contributed by atoms with Gasteiger partial charge in [-0.1, -0.05) is 324 Å². The first-order valence-electron chi connectivity index (χ1n) is 33.6. The summed E-state index contributed by atoms with van der Waals surface area (Å²) in [7, 11) is 0. The summed E-state index contributed by atoms with van der Waals surface area (Å²) in [4.78, 5) is 38.3. The second kappa shape index (κ2) is 66.1. The zero-order valence-electron chi connectivity index (χ0n) is 51.7. The van der Waals surface area contributed by atoms with Gasteiger partial charge >= 0.3 is 17.9 Å². The van der Waals surface area contributed by atoms with Gasteiger partial charge in [-0.2, -0.15) is 0 Å². The van der Waals surface area contributed by atoms with Gasteiger partial charge in [0.2, 0.25) is 0 Å². The summed E-state index contributed by atoms with van der Waals surface area (Å²) in [5.41, 5.74) is 0. The Labute approximate surface area is 484 Å². The van der Waals surface area contributed by atoms with E-state index < -0.39 is 6.10 Å². The molecule has 0 N–H and O–H groups in total. The number of rotatable bonds is 61. The van der Waals surface area contributed by atoms with Crippen molar-refractivity contribution in [2.75, 3.05) is 13.2 Å². The minimum absolute atomic E-state index is 0.0829. The van der Waals surface area contributed by atoms with Gasteiger partial charge in [0.05, 0.1) is 0 Å². The number of allylic oxidation sites excluding steroid dienone is 14. The van der Waals surface area contributed by atoms with E-state index in [9.17, 15) is 14.4 Å². The van der Waals surface area contributed by atoms with Crippen molar-refractivity contribution in [3.05, 3.63) is 85.1 Å². The van der Waals surface area contributed by atoms with Gasteiger partial charge in [-0.25, -0.2) is 0 Å². The standard InChI is InChI=1S/C72H126O6/c1-4-7-10-13-16-19-22-25-27-29-31-33-35-36-38-39-41-43-45-47-50-53-56-59-62-65-71(74)77-68-69(67-76-70(73)64-61-58-55-52-49-24-21-18-15-12-9-6-3)78-72(75)66-63-60-57-54-51-48-46-44-42-40-37-34-32-30-28-26-23-20-17-14-11-8-5-2/h7,10,16,19,25,27,31,33,36,38,41,43,47,50,69H,4-6,8-9,11-15,17-18,20-24,26,28-30,32,34-35,37,39-40,42,44-46,48-49,51-68H2,1-3H3/b10-7-,19-16-,27-25-,33-31-,38-36-,43-41-,50-47-. The summed E-state index contributed by atoms with van der Waals surface area (Å²) >= 11 is 0. The van der Waals surface area contributed by atoms with E-state index in [-0.39, 0.29) is 31.1 Å². The first-order valence-corrected chi connectivity index (χ1v) is 33.6. The van der Waals surface area contributed by atoms with E-state index in [1.165, 1.54) is 186 Å². The second-order valence-corrected chi connectivity index (χ2v) is 22.4. The minimum Gasteiger partial charge on any atom is -0.462 e. The molecule has 0 aromatic carbocycles. The van der Waals surface area contributed by atoms with Crippen molar-refractivity contribution in [3.63, 3.8) is 0 Å². The lowest BCUT2D eigenvalue weighted by Gasteiger charge is -2.18. The van der Waals surface area contributed by atoms with E-state index in [1.807, 2.05) is 0 Å². The third kappa shape index (κ3) is 63.4. The smallest absolute Gasteiger partial charge is 0.306 e. The molecular weight excluding hydrogens is 961 g/mol. The number of hydrogen-bond acceptors (Lipinski definition) is 6. The van der Waals surface area contributed by atoms with Crippen molar-refractivity contribution in [2.45, 2.75) is 341 Å². The highest BCUT2D eigenvalue weighted by atomic mass is 16.6. The third-order valence-corrected chi connectivity index (χ3v) is 14.7. The molecule has 0 radical (unpaired) electrons. The Morgan fingerprint density at radius 1 is 0.269 bits per heavy atom. The summed E-state index contributed by atoms with van der Waals surface area (Å²) in [5, 5.41) is 0. The van der Waals surface area contributed by atoms with Crippen molar-refractivity contribution in [1.82, 2.24) is 0 Å². The second-order valence-electron chi connectivity index (χ2n) is 22.4. The molecule has 0 saturated carbocycles. The summed E-state index contributed by atoms with van der Waals surface area (Å²) < 4.78 is 16.9. The fourth-order valence-corrected chi connectivity index (χ4v) is 9.66. The molecule has 0 saturated heterocycles. The molecule has 450 valence electrons. The van der Waals surface area contributed by atoms with Gasteiger partial charge < -0.3 is 14.2 Å². The van der Waals surface area contributed by atoms with Crippen molar-refractivity contribution in [3.8, 4) is 0 Å². The van der Waals surface area contributed by atoms with Gasteiger partial charge in [-0.05, 0) is 77.0 Å². The Balaban J connectivity index is 4.34. The molecule has 6 nitrogen and oxygen atoms in total. The summed E-state index contributed by atoms with van der Waals surface area (Å²) in [6.45, 7) is 6.54. The van der Waals surface area contributed by atoms with E-state index in [4.69, 9.17) is 14.2 Å². The predicted octanol–water partition coefficient (Wildman–Crippen LogP) is 23.1. The molecule has 0 bridgehead atoms. The van der Waals surface area contributed by atoms with Crippen LogP contribution in [-0.4, -0.2) is 37.2 Å². The van der Waals surface area contributed by atoms with Crippen LogP contribution in [0.3, 0.4) is 0 Å². The number of unbranched alkanes of at least 4 members (excludes halogenated alkanes) is 36. The summed E-state index contributed by atoms with van der Waals surface area (Å²) in [6.07, 6.45) is 87.4. The zero-order chi connectivity index (χ0) is 56.4. The van der Waals surface area contributed by atoms with Crippen LogP contribution in [0.4, 0.5) is 0 Å². The molecule has 0 aliphatic carbocycles. The molecule has 0 amide bonds. The maximum Gasteiger partial charge on any atom is 0.306 e. The molecule has 6 heteroatoms. The van der Waals surface area contributed by atoms with E-state index in [1.54, 1.807) is 0 Å². The molecule has 0 rings (SSSR count). The van der Waals surface area contributed by atoms with Gasteiger partial charge in [0.1, 0.15) is 13.2 Å². The molecule has 0 aromatic heterocycles. The number of hydrogen-bond donors (Lipinski definition) is 0. The predicted molar refractivity (Wildman–Crippen MR) is 339 cm³/mol. The molecule has 0 aromatic rings. The number of carbonyl (C=O) groups excluding carboxylic acids is 3. The molecule has 0 aliphatic rings. The fourth-order valence-electron chi connectivity index (χ4n) is 9.66. The summed E-state index contributed by atoms with van der Waals surface area (Å²) in [6, 6.07) is 0. The maximum absolute atomic E-state index is 12.9. The Morgan fingerprint density at radius 2 is 0.500 bits per heavy atom. The van der Waals surface area contributed by atoms with E-state index >= 15 is 0 Å². The Kier molecular flexibility index (Phi) is 63.2. The Hall–Kier alpha value is -3.41. The van der Waals surface area contributed by atoms with Gasteiger partial charge in [0.15, 0.2) is 6.10 Å². The molecule has 0 heterocycles. The lowest BCUT2D eigenvalue weighted by molar-refractivity contribution is -0.167. The van der Waals surface area contributed by atoms with Gasteiger partial charge in [0.25, 0.3) is 0 Å². The number of ether oxygens (including phenoxy) is 3. The molecule has 1 unspecified atom stereocenters. The Bertz CT molecular complexity index is 1480. The van der Waals surface area contributed by atoms with Crippen molar-refractivity contribution in [1.29, 1.82) is 0 Å². The van der Waals surface area contributed by atoms with Gasteiger partial charge in [0, 0.05) is 19.3 Å². The molecular formula is C72H126O6. The van der Waals surface area contributed by atoms with Crippen LogP contribution in [0.1, 0.15) is 335 Å². The first-order chi connectivity index (χ1) is 38.5. The van der Waals surface area contributed by atoms with Crippen LogP contribution in [0.25, 0.3) is 0 Å². The Morgan fingerprint density at radius 3 is 0.782 bits per heavy atom. The highest BCUT2D eigenvalue weighted by molar-refractivity contribution is 5.71. The minimum atomic E-state index is -0.789. The maximum atomic E-state index is 12.9. The monoisotopic (exact) mass is 1090 g/mol. The molecule has 0 spiro atoms. The van der Waals surface area contributed by atoms with E-state index in [0.717, 1.165) is 109 Å². The van der Waals surface area contributed by atoms with Crippen molar-refractivity contribution >= 4 is 17.9 Å². The number of carbonyl (C=O) groups is 3. The number of esters is 3. The molecule has 1 atom stereocenters. The van der Waals surface area contributed by atoms with Crippen LogP contribution in [-0.2, 0) is 28.6 Å². The summed E-state index contributed by atoms with van der Waals surface area (Å²) in [5.74, 6) is -0.900. The quantitative estimate of drug-likeness (QED) is 0.0261. The third-order valence-electron chi connectivity index (χ3n) is 14.7. The van der Waals surface area contributed by atoms with Crippen molar-refractivity contribution in [2.24, 2.45) is 0 Å². The van der Waals surface area contributed by atoms with E-state index in [2.05, 4.69) is 106 Å². The molecule has 0 aliphatic heterocycles. The average molecular weight is 1090 g/mol. The van der Waals surface area contributed by atoms with Gasteiger partial charge in [-0.3, -0.25) is 14.4 Å². The van der Waals surface area contributed by atoms with Crippen LogP contribution in [0.5, 0.6) is 0 Å². The van der Waals surface area contributed by atoms with Crippen LogP contribution < -0.4 is 0 Å². The first kappa shape index (κ1) is 74.6. The van der Waals surface area contributed by atoms with E-state index in [0.29, 0.717) is 19.3 Å². The molecule has 78 heavy (non-hydrogen) atoms. The molecule has 0 fully saturated rings. The van der Waals surface area contributed by atoms with Gasteiger partial charge in [-0.15, -0.1) is 0 Å². The largest absolute Gasteiger partial charge is 0.462 e. The average Bonchev–Trinajstić information content (AvgIpc) is 3.44.